The maximum absolute atomic E-state index is 12.0. The molecule has 0 spiro atoms. The largest absolute Gasteiger partial charge is 0.352 e. The lowest BCUT2D eigenvalue weighted by molar-refractivity contribution is -0.121. The monoisotopic (exact) mass is 329 g/mol. The van der Waals surface area contributed by atoms with Crippen molar-refractivity contribution in [3.63, 3.8) is 0 Å². The van der Waals surface area contributed by atoms with Crippen LogP contribution in [0, 0.1) is 0 Å². The fraction of sp³-hybridized carbons (Fsp3) is 0.500. The lowest BCUT2D eigenvalue weighted by atomic mass is 9.95. The second kappa shape index (κ2) is 6.58. The first kappa shape index (κ1) is 13.9. The number of halogens is 2. The van der Waals surface area contributed by atoms with Crippen molar-refractivity contribution in [1.82, 2.24) is 5.32 Å². The number of alkyl halides is 1. The number of carbonyl (C=O) groups excluding carboxylic acids is 1. The summed E-state index contributed by atoms with van der Waals surface area (Å²) in [5, 5.41) is 2.45. The number of amides is 1. The van der Waals surface area contributed by atoms with Crippen LogP contribution in [0.2, 0.25) is 0 Å². The molecule has 0 heterocycles. The molecule has 1 aromatic carbocycles. The zero-order valence-electron chi connectivity index (χ0n) is 10.2. The van der Waals surface area contributed by atoms with Crippen LogP contribution in [0.25, 0.3) is 0 Å². The molecule has 18 heavy (non-hydrogen) atoms. The fourth-order valence-corrected chi connectivity index (χ4v) is 2.78. The van der Waals surface area contributed by atoms with E-state index in [0.717, 1.165) is 22.9 Å². The minimum Gasteiger partial charge on any atom is -0.352 e. The van der Waals surface area contributed by atoms with Gasteiger partial charge in [0.15, 0.2) is 0 Å². The minimum absolute atomic E-state index is 0.0779. The summed E-state index contributed by atoms with van der Waals surface area (Å²) >= 11 is 9.57. The van der Waals surface area contributed by atoms with Gasteiger partial charge < -0.3 is 5.32 Å². The zero-order valence-corrected chi connectivity index (χ0v) is 12.5. The molecule has 1 aromatic rings. The second-order valence-corrected chi connectivity index (χ2v) is 6.11. The molecule has 1 aliphatic rings. The molecule has 1 fully saturated rings. The molecule has 1 unspecified atom stereocenters. The predicted molar refractivity (Wildman–Crippen MR) is 77.8 cm³/mol. The van der Waals surface area contributed by atoms with E-state index in [2.05, 4.69) is 21.2 Å². The van der Waals surface area contributed by atoms with Crippen LogP contribution in [0.5, 0.6) is 0 Å². The van der Waals surface area contributed by atoms with Gasteiger partial charge in [-0.2, -0.15) is 0 Å². The Hall–Kier alpha value is -0.540. The van der Waals surface area contributed by atoms with Gasteiger partial charge in [-0.1, -0.05) is 47.3 Å². The number of nitrogens with one attached hydrogen (secondary N) is 1. The summed E-state index contributed by atoms with van der Waals surface area (Å²) in [6.45, 7) is 0. The SMILES string of the molecule is O=C(NC1CCCCC1)C(Cl)c1ccc(Br)cc1. The van der Waals surface area contributed by atoms with Gasteiger partial charge in [-0.05, 0) is 30.5 Å². The Kier molecular flexibility index (Phi) is 5.07. The maximum Gasteiger partial charge on any atom is 0.242 e. The average molecular weight is 331 g/mol. The van der Waals surface area contributed by atoms with Crippen LogP contribution >= 0.6 is 27.5 Å². The Morgan fingerprint density at radius 1 is 1.22 bits per heavy atom. The van der Waals surface area contributed by atoms with Crippen LogP contribution in [-0.2, 0) is 4.79 Å². The minimum atomic E-state index is -0.597. The molecule has 0 aliphatic heterocycles. The summed E-state index contributed by atoms with van der Waals surface area (Å²) < 4.78 is 0.989. The Morgan fingerprint density at radius 3 is 2.44 bits per heavy atom. The molecule has 4 heteroatoms. The molecular weight excluding hydrogens is 314 g/mol. The third kappa shape index (κ3) is 3.72. The van der Waals surface area contributed by atoms with Crippen molar-refractivity contribution < 1.29 is 4.79 Å². The quantitative estimate of drug-likeness (QED) is 0.828. The maximum atomic E-state index is 12.0. The van der Waals surface area contributed by atoms with Crippen LogP contribution in [0.1, 0.15) is 43.0 Å². The second-order valence-electron chi connectivity index (χ2n) is 4.76. The Balaban J connectivity index is 1.93. The van der Waals surface area contributed by atoms with Crippen molar-refractivity contribution in [3.05, 3.63) is 34.3 Å². The molecule has 0 radical (unpaired) electrons. The third-order valence-electron chi connectivity index (χ3n) is 3.34. The lowest BCUT2D eigenvalue weighted by Crippen LogP contribution is -2.38. The molecule has 2 nitrogen and oxygen atoms in total. The molecule has 1 saturated carbocycles. The van der Waals surface area contributed by atoms with Crippen molar-refractivity contribution >= 4 is 33.4 Å². The standard InChI is InChI=1S/C14H17BrClNO/c15-11-8-6-10(7-9-11)13(16)14(18)17-12-4-2-1-3-5-12/h6-9,12-13H,1-5H2,(H,17,18). The molecule has 1 atom stereocenters. The molecule has 1 N–H and O–H groups in total. The van der Waals surface area contributed by atoms with Crippen LogP contribution in [0.3, 0.4) is 0 Å². The van der Waals surface area contributed by atoms with Crippen LogP contribution in [0.15, 0.2) is 28.7 Å². The third-order valence-corrected chi connectivity index (χ3v) is 4.32. The Bertz CT molecular complexity index is 401. The van der Waals surface area contributed by atoms with Crippen molar-refractivity contribution in [1.29, 1.82) is 0 Å². The summed E-state index contributed by atoms with van der Waals surface area (Å²) in [6, 6.07) is 7.87. The van der Waals surface area contributed by atoms with E-state index in [9.17, 15) is 4.79 Å². The van der Waals surface area contributed by atoms with Crippen molar-refractivity contribution in [2.24, 2.45) is 0 Å². The molecule has 0 saturated heterocycles. The number of hydrogen-bond acceptors (Lipinski definition) is 1. The molecule has 2 rings (SSSR count). The number of rotatable bonds is 3. The molecule has 0 bridgehead atoms. The van der Waals surface area contributed by atoms with Crippen LogP contribution < -0.4 is 5.32 Å². The topological polar surface area (TPSA) is 29.1 Å². The van der Waals surface area contributed by atoms with Gasteiger partial charge >= 0.3 is 0 Å². The molecular formula is C14H17BrClNO. The van der Waals surface area contributed by atoms with E-state index in [-0.39, 0.29) is 5.91 Å². The normalized spacial score (nSPS) is 18.3. The predicted octanol–water partition coefficient (Wildman–Crippen LogP) is 4.18. The van der Waals surface area contributed by atoms with E-state index >= 15 is 0 Å². The number of benzene rings is 1. The van der Waals surface area contributed by atoms with Gasteiger partial charge in [0.1, 0.15) is 5.38 Å². The van der Waals surface area contributed by atoms with E-state index in [1.165, 1.54) is 19.3 Å². The highest BCUT2D eigenvalue weighted by atomic mass is 79.9. The summed E-state index contributed by atoms with van der Waals surface area (Å²) in [5.41, 5.74) is 0.841. The van der Waals surface area contributed by atoms with E-state index in [4.69, 9.17) is 11.6 Å². The van der Waals surface area contributed by atoms with E-state index in [0.29, 0.717) is 6.04 Å². The van der Waals surface area contributed by atoms with Gasteiger partial charge in [-0.25, -0.2) is 0 Å². The van der Waals surface area contributed by atoms with Gasteiger partial charge in [0.05, 0.1) is 0 Å². The van der Waals surface area contributed by atoms with Gasteiger partial charge in [-0.3, -0.25) is 4.79 Å². The highest BCUT2D eigenvalue weighted by molar-refractivity contribution is 9.10. The van der Waals surface area contributed by atoms with Gasteiger partial charge in [0.2, 0.25) is 5.91 Å². The van der Waals surface area contributed by atoms with Gasteiger partial charge in [0, 0.05) is 10.5 Å². The number of carbonyl (C=O) groups is 1. The van der Waals surface area contributed by atoms with E-state index in [1.807, 2.05) is 24.3 Å². The number of hydrogen-bond donors (Lipinski definition) is 1. The smallest absolute Gasteiger partial charge is 0.242 e. The van der Waals surface area contributed by atoms with Crippen LogP contribution in [-0.4, -0.2) is 11.9 Å². The molecule has 0 aromatic heterocycles. The molecule has 1 aliphatic carbocycles. The highest BCUT2D eigenvalue weighted by Gasteiger charge is 2.22. The van der Waals surface area contributed by atoms with Crippen LogP contribution in [0.4, 0.5) is 0 Å². The Morgan fingerprint density at radius 2 is 1.83 bits per heavy atom. The van der Waals surface area contributed by atoms with Gasteiger partial charge in [-0.15, -0.1) is 11.6 Å². The molecule has 1 amide bonds. The lowest BCUT2D eigenvalue weighted by Gasteiger charge is -2.24. The average Bonchev–Trinajstić information content (AvgIpc) is 2.40. The first-order chi connectivity index (χ1) is 8.66. The Labute approximate surface area is 121 Å². The molecule has 98 valence electrons. The van der Waals surface area contributed by atoms with Crippen molar-refractivity contribution in [3.8, 4) is 0 Å². The summed E-state index contributed by atoms with van der Waals surface area (Å²) in [6.07, 6.45) is 5.85. The van der Waals surface area contributed by atoms with Crippen molar-refractivity contribution in [2.75, 3.05) is 0 Å². The highest BCUT2D eigenvalue weighted by Crippen LogP contribution is 2.24. The summed E-state index contributed by atoms with van der Waals surface area (Å²) in [5.74, 6) is -0.0779. The first-order valence-electron chi connectivity index (χ1n) is 6.37. The zero-order chi connectivity index (χ0) is 13.0. The van der Waals surface area contributed by atoms with Crippen molar-refractivity contribution in [2.45, 2.75) is 43.5 Å². The fourth-order valence-electron chi connectivity index (χ4n) is 2.30. The first-order valence-corrected chi connectivity index (χ1v) is 7.59. The summed E-state index contributed by atoms with van der Waals surface area (Å²) in [7, 11) is 0. The van der Waals surface area contributed by atoms with E-state index in [1.54, 1.807) is 0 Å². The summed E-state index contributed by atoms with van der Waals surface area (Å²) in [4.78, 5) is 12.0. The van der Waals surface area contributed by atoms with E-state index < -0.39 is 5.38 Å². The van der Waals surface area contributed by atoms with Gasteiger partial charge in [0.25, 0.3) is 0 Å².